The molecule has 332 valence electrons. The van der Waals surface area contributed by atoms with Crippen LogP contribution in [-0.2, 0) is 31.1 Å². The summed E-state index contributed by atoms with van der Waals surface area (Å²) in [5.41, 5.74) is -2.52. The van der Waals surface area contributed by atoms with E-state index in [9.17, 15) is 34.8 Å². The van der Waals surface area contributed by atoms with Crippen LogP contribution in [0.4, 0.5) is 30.2 Å². The first-order valence-electron chi connectivity index (χ1n) is 21.2. The molecule has 0 spiro atoms. The number of sulfone groups is 1. The van der Waals surface area contributed by atoms with Crippen molar-refractivity contribution in [3.8, 4) is 11.5 Å². The average Bonchev–Trinajstić information content (AvgIpc) is 3.61. The number of rotatable bonds is 13. The number of carbonyl (C=O) groups is 1. The lowest BCUT2D eigenvalue weighted by atomic mass is 9.84. The zero-order valence-corrected chi connectivity index (χ0v) is 36.0. The van der Waals surface area contributed by atoms with E-state index in [0.29, 0.717) is 37.9 Å². The molecule has 0 unspecified atom stereocenters. The Balaban J connectivity index is 0.896. The number of benzene rings is 4. The first-order valence-corrected chi connectivity index (χ1v) is 24.2. The Morgan fingerprint density at radius 3 is 2.08 bits per heavy atom. The van der Waals surface area contributed by atoms with Gasteiger partial charge in [0.05, 0.1) is 16.1 Å². The molecule has 1 saturated carbocycles. The minimum Gasteiger partial charge on any atom is -0.457 e. The number of alkyl halides is 3. The quantitative estimate of drug-likeness (QED) is 0.137. The van der Waals surface area contributed by atoms with Crippen LogP contribution in [0.3, 0.4) is 0 Å². The number of nitrogens with zero attached hydrogens (tertiary/aromatic N) is 3. The van der Waals surface area contributed by atoms with Crippen LogP contribution in [0.15, 0.2) is 101 Å². The molecule has 2 bridgehead atoms. The summed E-state index contributed by atoms with van der Waals surface area (Å²) in [5, 5.41) is 2.75. The summed E-state index contributed by atoms with van der Waals surface area (Å²) in [4.78, 5) is 18.8. The molecule has 4 aliphatic heterocycles. The van der Waals surface area contributed by atoms with Gasteiger partial charge in [-0.3, -0.25) is 9.69 Å². The van der Waals surface area contributed by atoms with Crippen molar-refractivity contribution < 1.29 is 44.3 Å². The van der Waals surface area contributed by atoms with Gasteiger partial charge < -0.3 is 24.6 Å². The molecule has 5 aliphatic rings. The fraction of sp³-hybridized carbons (Fsp3) is 0.444. The van der Waals surface area contributed by atoms with Gasteiger partial charge in [-0.25, -0.2) is 21.6 Å². The Labute approximate surface area is 361 Å². The second-order valence-electron chi connectivity index (χ2n) is 16.8. The third-order valence-corrected chi connectivity index (χ3v) is 15.4. The molecule has 0 radical (unpaired) electrons. The number of hydrogen-bond donors (Lipinski definition) is 2. The predicted molar refractivity (Wildman–Crippen MR) is 231 cm³/mol. The third-order valence-electron chi connectivity index (χ3n) is 12.6. The number of hydrogen-bond acceptors (Lipinski definition) is 11. The summed E-state index contributed by atoms with van der Waals surface area (Å²) in [5.74, 6) is 0.897. The molecule has 62 heavy (non-hydrogen) atoms. The molecule has 5 fully saturated rings. The highest BCUT2D eigenvalue weighted by Gasteiger charge is 2.48. The molecule has 0 aromatic heterocycles. The van der Waals surface area contributed by atoms with Crippen molar-refractivity contribution in [3.05, 3.63) is 102 Å². The first-order chi connectivity index (χ1) is 29.7. The number of para-hydroxylation sites is 2. The van der Waals surface area contributed by atoms with Crippen molar-refractivity contribution in [2.45, 2.75) is 60.4 Å². The molecule has 12 nitrogen and oxygen atoms in total. The standard InChI is InChI=1S/C45H52F3N5O7S2/c46-45(47,48)61(55,56)43-27-38(17-18-40(43)49-28-32-19-25-59-26-20-32)62(57,58)50-44(54)39-6-2-4-8-42(39)60-37-15-13-36(14-16-37)52-23-21-51(22-24-52)31-35-5-1-3-7-41(35)53-29-33-9-10-34(30-53)12-11-33/h1-8,13-18,27,32-34,49H,9-12,19-26,28-31H2,(H,50,54). The van der Waals surface area contributed by atoms with E-state index in [-0.39, 0.29) is 23.8 Å². The Kier molecular flexibility index (Phi) is 13.1. The van der Waals surface area contributed by atoms with Crippen molar-refractivity contribution in [2.24, 2.45) is 17.8 Å². The van der Waals surface area contributed by atoms with Gasteiger partial charge in [-0.1, -0.05) is 30.3 Å². The molecular weight excluding hydrogens is 844 g/mol. The number of carbonyl (C=O) groups excluding carboxylic acids is 1. The SMILES string of the molecule is O=C(NS(=O)(=O)c1ccc(NCC2CCOCC2)c(S(=O)(=O)C(F)(F)F)c1)c1ccccc1Oc1ccc(N2CCN(Cc3ccccc3N3CC4CCC(CC4)C3)CC2)cc1. The van der Waals surface area contributed by atoms with Crippen LogP contribution in [0, 0.1) is 17.8 Å². The zero-order valence-electron chi connectivity index (χ0n) is 34.4. The van der Waals surface area contributed by atoms with E-state index >= 15 is 0 Å². The minimum absolute atomic E-state index is 0.0117. The molecule has 17 heteroatoms. The lowest BCUT2D eigenvalue weighted by Gasteiger charge is -2.37. The normalized spacial score (nSPS) is 20.4. The predicted octanol–water partition coefficient (Wildman–Crippen LogP) is 7.68. The maximum atomic E-state index is 13.8. The van der Waals surface area contributed by atoms with Crippen molar-refractivity contribution in [1.82, 2.24) is 9.62 Å². The molecule has 4 heterocycles. The average molecular weight is 896 g/mol. The van der Waals surface area contributed by atoms with Crippen LogP contribution in [0.5, 0.6) is 11.5 Å². The number of anilines is 3. The minimum atomic E-state index is -5.99. The first kappa shape index (κ1) is 43.8. The topological polar surface area (TPSA) is 138 Å². The molecule has 9 rings (SSSR count). The largest absolute Gasteiger partial charge is 0.501 e. The highest BCUT2D eigenvalue weighted by molar-refractivity contribution is 7.92. The monoisotopic (exact) mass is 895 g/mol. The molecule has 1 amide bonds. The Morgan fingerprint density at radius 1 is 0.758 bits per heavy atom. The maximum Gasteiger partial charge on any atom is 0.501 e. The van der Waals surface area contributed by atoms with Gasteiger partial charge in [0.25, 0.3) is 25.8 Å². The van der Waals surface area contributed by atoms with Gasteiger partial charge in [0.2, 0.25) is 0 Å². The van der Waals surface area contributed by atoms with Gasteiger partial charge in [-0.15, -0.1) is 0 Å². The number of nitrogens with one attached hydrogen (secondary N) is 2. The van der Waals surface area contributed by atoms with Crippen molar-refractivity contribution in [1.29, 1.82) is 0 Å². The van der Waals surface area contributed by atoms with Crippen molar-refractivity contribution in [3.63, 3.8) is 0 Å². The van der Waals surface area contributed by atoms with Crippen LogP contribution in [-0.4, -0.2) is 92.2 Å². The smallest absolute Gasteiger partial charge is 0.457 e. The molecule has 4 saturated heterocycles. The Hall–Kier alpha value is -4.84. The van der Waals surface area contributed by atoms with Gasteiger partial charge in [0.1, 0.15) is 16.4 Å². The van der Waals surface area contributed by atoms with E-state index in [1.54, 1.807) is 18.2 Å². The van der Waals surface area contributed by atoms with E-state index < -0.39 is 46.8 Å². The number of fused-ring (bicyclic) bond motifs is 4. The van der Waals surface area contributed by atoms with Crippen LogP contribution >= 0.6 is 0 Å². The summed E-state index contributed by atoms with van der Waals surface area (Å²) in [6.07, 6.45) is 6.64. The summed E-state index contributed by atoms with van der Waals surface area (Å²) in [6, 6.07) is 24.5. The lowest BCUT2D eigenvalue weighted by Crippen LogP contribution is -2.46. The number of ether oxygens (including phenoxy) is 2. The second-order valence-corrected chi connectivity index (χ2v) is 20.3. The van der Waals surface area contributed by atoms with Gasteiger partial charge in [0, 0.05) is 76.9 Å². The van der Waals surface area contributed by atoms with Crippen molar-refractivity contribution >= 4 is 42.8 Å². The molecule has 0 atom stereocenters. The Bertz CT molecular complexity index is 2420. The Morgan fingerprint density at radius 2 is 1.40 bits per heavy atom. The van der Waals surface area contributed by atoms with Crippen molar-refractivity contribution in [2.75, 3.05) is 74.1 Å². The highest BCUT2D eigenvalue weighted by Crippen LogP contribution is 2.38. The fourth-order valence-electron chi connectivity index (χ4n) is 9.05. The van der Waals surface area contributed by atoms with Gasteiger partial charge in [-0.2, -0.15) is 13.2 Å². The van der Waals surface area contributed by atoms with E-state index in [4.69, 9.17) is 9.47 Å². The summed E-state index contributed by atoms with van der Waals surface area (Å²) < 4.78 is 107. The molecule has 4 aromatic rings. The lowest BCUT2D eigenvalue weighted by molar-refractivity contribution is -0.0435. The highest BCUT2D eigenvalue weighted by atomic mass is 32.2. The van der Waals surface area contributed by atoms with Crippen LogP contribution < -0.4 is 24.6 Å². The zero-order chi connectivity index (χ0) is 43.5. The second kappa shape index (κ2) is 18.5. The van der Waals surface area contributed by atoms with Gasteiger partial charge in [-0.05, 0) is 123 Å². The molecule has 4 aromatic carbocycles. The maximum absolute atomic E-state index is 13.8. The molecule has 1 aliphatic carbocycles. The summed E-state index contributed by atoms with van der Waals surface area (Å²) in [7, 11) is -10.9. The number of halogens is 3. The number of piperazine rings is 1. The van der Waals surface area contributed by atoms with Crippen LogP contribution in [0.25, 0.3) is 0 Å². The number of amides is 1. The van der Waals surface area contributed by atoms with Crippen LogP contribution in [0.2, 0.25) is 0 Å². The molecular formula is C45H52F3N5O7S2. The van der Waals surface area contributed by atoms with Gasteiger partial charge in [0.15, 0.2) is 0 Å². The summed E-state index contributed by atoms with van der Waals surface area (Å²) in [6.45, 7) is 7.77. The van der Waals surface area contributed by atoms with Crippen LogP contribution in [0.1, 0.15) is 54.4 Å². The van der Waals surface area contributed by atoms with E-state index in [1.807, 2.05) is 16.9 Å². The van der Waals surface area contributed by atoms with E-state index in [0.717, 1.165) is 75.5 Å². The third kappa shape index (κ3) is 10.0. The van der Waals surface area contributed by atoms with Gasteiger partial charge >= 0.3 is 5.51 Å². The summed E-state index contributed by atoms with van der Waals surface area (Å²) >= 11 is 0. The van der Waals surface area contributed by atoms with E-state index in [1.165, 1.54) is 55.1 Å². The number of sulfonamides is 1. The fourth-order valence-corrected chi connectivity index (χ4v) is 11.1. The molecule has 2 N–H and O–H groups in total. The van der Waals surface area contributed by atoms with E-state index in [2.05, 4.69) is 44.3 Å².